The van der Waals surface area contributed by atoms with Crippen LogP contribution in [-0.2, 0) is 7.05 Å². The van der Waals surface area contributed by atoms with E-state index in [0.717, 1.165) is 23.3 Å². The molecule has 0 aromatic carbocycles. The maximum Gasteiger partial charge on any atom is 0.154 e. The number of hydrogen-bond acceptors (Lipinski definition) is 3. The Labute approximate surface area is 112 Å². The summed E-state index contributed by atoms with van der Waals surface area (Å²) in [7, 11) is 1.98. The molecule has 1 unspecified atom stereocenters. The third-order valence-electron chi connectivity index (χ3n) is 3.19. The topological polar surface area (TPSA) is 42.7 Å². The van der Waals surface area contributed by atoms with E-state index < -0.39 is 0 Å². The molecule has 18 heavy (non-hydrogen) atoms. The number of rotatable bonds is 5. The van der Waals surface area contributed by atoms with Crippen molar-refractivity contribution in [3.05, 3.63) is 18.6 Å². The first-order chi connectivity index (χ1) is 8.63. The van der Waals surface area contributed by atoms with Gasteiger partial charge in [0, 0.05) is 25.2 Å². The lowest BCUT2D eigenvalue weighted by molar-refractivity contribution is 0.512. The average Bonchev–Trinajstić information content (AvgIpc) is 2.72. The van der Waals surface area contributed by atoms with Crippen molar-refractivity contribution < 1.29 is 0 Å². The van der Waals surface area contributed by atoms with Crippen LogP contribution in [0.25, 0.3) is 11.0 Å². The van der Waals surface area contributed by atoms with Crippen LogP contribution in [0.15, 0.2) is 18.6 Å². The third-order valence-corrected chi connectivity index (χ3v) is 3.41. The smallest absolute Gasteiger partial charge is 0.154 e. The standard InChI is InChI=1S/C13H19ClN4/c1-9(2)10(4-6-14)17-13-12-11(5-7-15-13)18(3)8-16-12/h5,7-10H,4,6H2,1-3H3,(H,15,17). The number of nitrogens with one attached hydrogen (secondary N) is 1. The molecular formula is C13H19ClN4. The molecular weight excluding hydrogens is 248 g/mol. The van der Waals surface area contributed by atoms with E-state index in [1.165, 1.54) is 0 Å². The number of alkyl halides is 1. The molecule has 0 bridgehead atoms. The summed E-state index contributed by atoms with van der Waals surface area (Å²) in [4.78, 5) is 8.79. The maximum atomic E-state index is 5.85. The Morgan fingerprint density at radius 3 is 2.83 bits per heavy atom. The number of aryl methyl sites for hydroxylation is 1. The lowest BCUT2D eigenvalue weighted by Gasteiger charge is -2.22. The van der Waals surface area contributed by atoms with Crippen LogP contribution >= 0.6 is 11.6 Å². The molecule has 4 nitrogen and oxygen atoms in total. The zero-order valence-corrected chi connectivity index (χ0v) is 11.8. The minimum Gasteiger partial charge on any atom is -0.365 e. The van der Waals surface area contributed by atoms with Crippen molar-refractivity contribution in [2.75, 3.05) is 11.2 Å². The second-order valence-electron chi connectivity index (χ2n) is 4.86. The van der Waals surface area contributed by atoms with Gasteiger partial charge in [0.2, 0.25) is 0 Å². The SMILES string of the molecule is CC(C)C(CCCl)Nc1nccc2c1ncn2C. The van der Waals surface area contributed by atoms with E-state index in [4.69, 9.17) is 11.6 Å². The van der Waals surface area contributed by atoms with Crippen LogP contribution in [0.3, 0.4) is 0 Å². The van der Waals surface area contributed by atoms with E-state index in [0.29, 0.717) is 17.8 Å². The number of imidazole rings is 1. The second-order valence-corrected chi connectivity index (χ2v) is 5.23. The molecule has 2 heterocycles. The summed E-state index contributed by atoms with van der Waals surface area (Å²) in [6.45, 7) is 4.37. The van der Waals surface area contributed by atoms with Gasteiger partial charge in [-0.25, -0.2) is 9.97 Å². The molecule has 0 aliphatic heterocycles. The van der Waals surface area contributed by atoms with Gasteiger partial charge >= 0.3 is 0 Å². The van der Waals surface area contributed by atoms with Crippen LogP contribution in [0, 0.1) is 5.92 Å². The van der Waals surface area contributed by atoms with Gasteiger partial charge in [0.05, 0.1) is 11.8 Å². The predicted molar refractivity (Wildman–Crippen MR) is 76.1 cm³/mol. The van der Waals surface area contributed by atoms with Crippen LogP contribution in [0.1, 0.15) is 20.3 Å². The first kappa shape index (κ1) is 13.1. The first-order valence-corrected chi connectivity index (χ1v) is 6.75. The Hall–Kier alpha value is -1.29. The summed E-state index contributed by atoms with van der Waals surface area (Å²) < 4.78 is 1.99. The monoisotopic (exact) mass is 266 g/mol. The normalized spacial score (nSPS) is 13.2. The minimum atomic E-state index is 0.322. The molecule has 2 rings (SSSR count). The van der Waals surface area contributed by atoms with Gasteiger partial charge in [-0.2, -0.15) is 0 Å². The van der Waals surface area contributed by atoms with Crippen molar-refractivity contribution in [2.45, 2.75) is 26.3 Å². The molecule has 1 N–H and O–H groups in total. The fourth-order valence-corrected chi connectivity index (χ4v) is 2.27. The highest BCUT2D eigenvalue weighted by Gasteiger charge is 2.15. The molecule has 0 spiro atoms. The van der Waals surface area contributed by atoms with Gasteiger partial charge in [0.15, 0.2) is 5.82 Å². The molecule has 0 radical (unpaired) electrons. The van der Waals surface area contributed by atoms with Crippen molar-refractivity contribution in [1.29, 1.82) is 0 Å². The number of aromatic nitrogens is 3. The molecule has 5 heteroatoms. The van der Waals surface area contributed by atoms with Crippen molar-refractivity contribution >= 4 is 28.5 Å². The van der Waals surface area contributed by atoms with Gasteiger partial charge in [0.1, 0.15) is 5.52 Å². The van der Waals surface area contributed by atoms with Crippen molar-refractivity contribution in [3.63, 3.8) is 0 Å². The average molecular weight is 267 g/mol. The largest absolute Gasteiger partial charge is 0.365 e. The summed E-state index contributed by atoms with van der Waals surface area (Å²) in [6, 6.07) is 2.29. The molecule has 0 saturated heterocycles. The Morgan fingerprint density at radius 1 is 1.39 bits per heavy atom. The number of anilines is 1. The Balaban J connectivity index is 2.30. The van der Waals surface area contributed by atoms with Crippen molar-refractivity contribution in [1.82, 2.24) is 14.5 Å². The zero-order valence-electron chi connectivity index (χ0n) is 11.0. The van der Waals surface area contributed by atoms with E-state index in [1.54, 1.807) is 0 Å². The fourth-order valence-electron chi connectivity index (χ4n) is 2.03. The maximum absolute atomic E-state index is 5.85. The van der Waals surface area contributed by atoms with Gasteiger partial charge in [-0.15, -0.1) is 11.6 Å². The molecule has 0 fully saturated rings. The lowest BCUT2D eigenvalue weighted by atomic mass is 10.0. The molecule has 2 aromatic rings. The highest BCUT2D eigenvalue weighted by molar-refractivity contribution is 6.17. The van der Waals surface area contributed by atoms with Crippen LogP contribution in [0.2, 0.25) is 0 Å². The Bertz CT molecular complexity index is 521. The molecule has 1 atom stereocenters. The molecule has 2 aromatic heterocycles. The first-order valence-electron chi connectivity index (χ1n) is 6.22. The van der Waals surface area contributed by atoms with E-state index >= 15 is 0 Å². The zero-order chi connectivity index (χ0) is 13.1. The molecule has 98 valence electrons. The summed E-state index contributed by atoms with van der Waals surface area (Å²) in [5.74, 6) is 2.00. The lowest BCUT2D eigenvalue weighted by Crippen LogP contribution is -2.26. The summed E-state index contributed by atoms with van der Waals surface area (Å²) in [5.41, 5.74) is 2.00. The Morgan fingerprint density at radius 2 is 2.17 bits per heavy atom. The fraction of sp³-hybridized carbons (Fsp3) is 0.538. The highest BCUT2D eigenvalue weighted by atomic mass is 35.5. The number of hydrogen-bond donors (Lipinski definition) is 1. The van der Waals surface area contributed by atoms with Crippen LogP contribution < -0.4 is 5.32 Å². The van der Waals surface area contributed by atoms with Gasteiger partial charge in [0.25, 0.3) is 0 Å². The predicted octanol–water partition coefficient (Wildman–Crippen LogP) is 3.03. The minimum absolute atomic E-state index is 0.322. The van der Waals surface area contributed by atoms with Gasteiger partial charge in [-0.3, -0.25) is 0 Å². The summed E-state index contributed by atoms with van der Waals surface area (Å²) in [6.07, 6.45) is 4.54. The van der Waals surface area contributed by atoms with E-state index in [9.17, 15) is 0 Å². The van der Waals surface area contributed by atoms with Crippen molar-refractivity contribution in [2.24, 2.45) is 13.0 Å². The summed E-state index contributed by atoms with van der Waals surface area (Å²) in [5, 5.41) is 3.46. The van der Waals surface area contributed by atoms with E-state index in [1.807, 2.05) is 30.2 Å². The molecule has 0 amide bonds. The van der Waals surface area contributed by atoms with E-state index in [2.05, 4.69) is 29.1 Å². The number of nitrogens with zero attached hydrogens (tertiary/aromatic N) is 3. The molecule has 0 saturated carbocycles. The van der Waals surface area contributed by atoms with Gasteiger partial charge in [-0.05, 0) is 18.4 Å². The van der Waals surface area contributed by atoms with E-state index in [-0.39, 0.29) is 0 Å². The Kier molecular flexibility index (Phi) is 4.07. The summed E-state index contributed by atoms with van der Waals surface area (Å²) >= 11 is 5.85. The van der Waals surface area contributed by atoms with Crippen LogP contribution in [0.5, 0.6) is 0 Å². The van der Waals surface area contributed by atoms with Gasteiger partial charge < -0.3 is 9.88 Å². The van der Waals surface area contributed by atoms with Crippen molar-refractivity contribution in [3.8, 4) is 0 Å². The molecule has 0 aliphatic rings. The van der Waals surface area contributed by atoms with Crippen LogP contribution in [0.4, 0.5) is 5.82 Å². The number of pyridine rings is 1. The quantitative estimate of drug-likeness (QED) is 0.846. The van der Waals surface area contributed by atoms with Crippen LogP contribution in [-0.4, -0.2) is 26.5 Å². The number of fused-ring (bicyclic) bond motifs is 1. The number of halogens is 1. The highest BCUT2D eigenvalue weighted by Crippen LogP contribution is 2.21. The van der Waals surface area contributed by atoms with Gasteiger partial charge in [-0.1, -0.05) is 13.8 Å². The second kappa shape index (κ2) is 5.57. The third kappa shape index (κ3) is 2.58. The molecule has 0 aliphatic carbocycles.